The molecule has 0 amide bonds. The van der Waals surface area contributed by atoms with Crippen LogP contribution in [0.2, 0.25) is 0 Å². The molecule has 1 rings (SSSR count). The van der Waals surface area contributed by atoms with Gasteiger partial charge < -0.3 is 0 Å². The molecule has 4 nitrogen and oxygen atoms in total. The summed E-state index contributed by atoms with van der Waals surface area (Å²) < 4.78 is 0. The third kappa shape index (κ3) is 4.83. The minimum atomic E-state index is 0.595. The molecule has 0 radical (unpaired) electrons. The summed E-state index contributed by atoms with van der Waals surface area (Å²) in [7, 11) is 0. The van der Waals surface area contributed by atoms with Gasteiger partial charge in [-0.2, -0.15) is 0 Å². The Balaban J connectivity index is 2.26. The van der Waals surface area contributed by atoms with Crippen molar-refractivity contribution in [2.24, 2.45) is 5.11 Å². The zero-order valence-corrected chi connectivity index (χ0v) is 9.78. The van der Waals surface area contributed by atoms with E-state index in [1.807, 2.05) is 0 Å². The fourth-order valence-corrected chi connectivity index (χ4v) is 2.13. The Morgan fingerprint density at radius 2 is 2.47 bits per heavy atom. The van der Waals surface area contributed by atoms with E-state index >= 15 is 0 Å². The van der Waals surface area contributed by atoms with E-state index in [9.17, 15) is 0 Å². The molecule has 0 aliphatic heterocycles. The zero-order chi connectivity index (χ0) is 10.9. The highest BCUT2D eigenvalue weighted by molar-refractivity contribution is 7.09. The van der Waals surface area contributed by atoms with Crippen LogP contribution in [0, 0.1) is 0 Å². The molecule has 15 heavy (non-hydrogen) atoms. The molecular weight excluding hydrogens is 208 g/mol. The predicted octanol–water partition coefficient (Wildman–Crippen LogP) is 3.27. The molecule has 0 saturated carbocycles. The van der Waals surface area contributed by atoms with Gasteiger partial charge in [0.25, 0.3) is 0 Å². The van der Waals surface area contributed by atoms with Crippen LogP contribution in [0.3, 0.4) is 0 Å². The molecule has 0 unspecified atom stereocenters. The number of thiophene rings is 1. The topological polar surface area (TPSA) is 52.0 Å². The molecule has 0 atom stereocenters. The van der Waals surface area contributed by atoms with Crippen molar-refractivity contribution in [1.82, 2.24) is 4.90 Å². The van der Waals surface area contributed by atoms with Gasteiger partial charge in [0.1, 0.15) is 0 Å². The molecule has 1 heterocycles. The van der Waals surface area contributed by atoms with E-state index < -0.39 is 0 Å². The first-order valence-electron chi connectivity index (χ1n) is 5.12. The lowest BCUT2D eigenvalue weighted by Gasteiger charge is -2.18. The number of hydrogen-bond acceptors (Lipinski definition) is 3. The molecule has 0 N–H and O–H groups in total. The maximum Gasteiger partial charge on any atom is 0.0327 e. The van der Waals surface area contributed by atoms with E-state index in [1.165, 1.54) is 4.88 Å². The van der Waals surface area contributed by atoms with Gasteiger partial charge in [-0.15, -0.1) is 11.3 Å². The van der Waals surface area contributed by atoms with Crippen LogP contribution in [0.15, 0.2) is 22.6 Å². The molecule has 0 aromatic carbocycles. The number of nitrogens with zero attached hydrogens (tertiary/aromatic N) is 4. The first-order chi connectivity index (χ1) is 7.36. The molecule has 0 fully saturated rings. The second kappa shape index (κ2) is 7.29. The van der Waals surface area contributed by atoms with Crippen LogP contribution in [0.4, 0.5) is 0 Å². The van der Waals surface area contributed by atoms with Crippen LogP contribution in [0.25, 0.3) is 10.4 Å². The predicted molar refractivity (Wildman–Crippen MR) is 63.9 cm³/mol. The maximum atomic E-state index is 8.14. The largest absolute Gasteiger partial charge is 0.299 e. The van der Waals surface area contributed by atoms with Crippen LogP contribution < -0.4 is 0 Å². The smallest absolute Gasteiger partial charge is 0.0327 e. The Morgan fingerprint density at radius 3 is 3.07 bits per heavy atom. The van der Waals surface area contributed by atoms with Gasteiger partial charge >= 0.3 is 0 Å². The highest BCUT2D eigenvalue weighted by Gasteiger charge is 2.03. The number of rotatable bonds is 7. The van der Waals surface area contributed by atoms with E-state index in [2.05, 4.69) is 39.4 Å². The van der Waals surface area contributed by atoms with Crippen molar-refractivity contribution in [3.63, 3.8) is 0 Å². The van der Waals surface area contributed by atoms with Crippen LogP contribution in [-0.2, 0) is 6.54 Å². The minimum Gasteiger partial charge on any atom is -0.299 e. The highest BCUT2D eigenvalue weighted by atomic mass is 32.1. The molecular formula is C10H16N4S. The van der Waals surface area contributed by atoms with Gasteiger partial charge in [0, 0.05) is 22.9 Å². The monoisotopic (exact) mass is 224 g/mol. The van der Waals surface area contributed by atoms with Gasteiger partial charge in [0.2, 0.25) is 0 Å². The van der Waals surface area contributed by atoms with Crippen molar-refractivity contribution < 1.29 is 0 Å². The lowest BCUT2D eigenvalue weighted by molar-refractivity contribution is 0.280. The van der Waals surface area contributed by atoms with Crippen LogP contribution in [0.5, 0.6) is 0 Å². The van der Waals surface area contributed by atoms with Gasteiger partial charge in [0.05, 0.1) is 0 Å². The third-order valence-electron chi connectivity index (χ3n) is 2.20. The van der Waals surface area contributed by atoms with Crippen molar-refractivity contribution in [1.29, 1.82) is 0 Å². The van der Waals surface area contributed by atoms with Crippen molar-refractivity contribution in [3.05, 3.63) is 32.8 Å². The van der Waals surface area contributed by atoms with Gasteiger partial charge in [-0.3, -0.25) is 4.90 Å². The normalized spacial score (nSPS) is 10.3. The molecule has 0 aliphatic carbocycles. The summed E-state index contributed by atoms with van der Waals surface area (Å²) in [6.07, 6.45) is 0.934. The van der Waals surface area contributed by atoms with Crippen molar-refractivity contribution in [2.75, 3.05) is 19.6 Å². The minimum absolute atomic E-state index is 0.595. The van der Waals surface area contributed by atoms with Crippen LogP contribution in [-0.4, -0.2) is 24.5 Å². The van der Waals surface area contributed by atoms with Gasteiger partial charge in [-0.05, 0) is 36.5 Å². The second-order valence-electron chi connectivity index (χ2n) is 3.26. The van der Waals surface area contributed by atoms with E-state index in [0.717, 1.165) is 26.1 Å². The molecule has 82 valence electrons. The molecule has 1 aromatic rings. The van der Waals surface area contributed by atoms with E-state index in [-0.39, 0.29) is 0 Å². The van der Waals surface area contributed by atoms with Crippen molar-refractivity contribution in [3.8, 4) is 0 Å². The molecule has 1 aromatic heterocycles. The lowest BCUT2D eigenvalue weighted by atomic mass is 10.3. The summed E-state index contributed by atoms with van der Waals surface area (Å²) in [5.41, 5.74) is 8.14. The molecule has 0 saturated heterocycles. The summed E-state index contributed by atoms with van der Waals surface area (Å²) in [6, 6.07) is 4.23. The molecule has 0 spiro atoms. The van der Waals surface area contributed by atoms with Gasteiger partial charge in [-0.25, -0.2) is 0 Å². The van der Waals surface area contributed by atoms with E-state index in [0.29, 0.717) is 6.54 Å². The standard InChI is InChI=1S/C10H16N4S/c1-2-14(7-4-6-12-13-11)9-10-5-3-8-15-10/h3,5,8H,2,4,6-7,9H2,1H3. The first-order valence-corrected chi connectivity index (χ1v) is 6.00. The quantitative estimate of drug-likeness (QED) is 0.303. The van der Waals surface area contributed by atoms with Gasteiger partial charge in [-0.1, -0.05) is 18.1 Å². The maximum absolute atomic E-state index is 8.14. The molecule has 0 aliphatic rings. The van der Waals surface area contributed by atoms with Crippen molar-refractivity contribution >= 4 is 11.3 Å². The second-order valence-corrected chi connectivity index (χ2v) is 4.29. The van der Waals surface area contributed by atoms with E-state index in [4.69, 9.17) is 5.53 Å². The number of hydrogen-bond donors (Lipinski definition) is 0. The molecule has 0 bridgehead atoms. The lowest BCUT2D eigenvalue weighted by Crippen LogP contribution is -2.23. The van der Waals surface area contributed by atoms with E-state index in [1.54, 1.807) is 11.3 Å². The SMILES string of the molecule is CCN(CCCN=[N+]=[N-])Cc1cccs1. The van der Waals surface area contributed by atoms with Crippen molar-refractivity contribution in [2.45, 2.75) is 19.9 Å². The first kappa shape index (κ1) is 12.0. The Hall–Kier alpha value is -1.03. The fourth-order valence-electron chi connectivity index (χ4n) is 1.38. The summed E-state index contributed by atoms with van der Waals surface area (Å²) in [5, 5.41) is 5.63. The summed E-state index contributed by atoms with van der Waals surface area (Å²) in [6.45, 7) is 5.78. The summed E-state index contributed by atoms with van der Waals surface area (Å²) in [5.74, 6) is 0. The Bertz CT molecular complexity index is 303. The number of azide groups is 1. The Morgan fingerprint density at radius 1 is 1.60 bits per heavy atom. The summed E-state index contributed by atoms with van der Waals surface area (Å²) >= 11 is 1.79. The van der Waals surface area contributed by atoms with Gasteiger partial charge in [0.15, 0.2) is 0 Å². The fraction of sp³-hybridized carbons (Fsp3) is 0.600. The Kier molecular flexibility index (Phi) is 5.85. The summed E-state index contributed by atoms with van der Waals surface area (Å²) in [4.78, 5) is 6.49. The average molecular weight is 224 g/mol. The zero-order valence-electron chi connectivity index (χ0n) is 8.96. The van der Waals surface area contributed by atoms with Crippen LogP contribution >= 0.6 is 11.3 Å². The molecule has 5 heteroatoms. The third-order valence-corrected chi connectivity index (χ3v) is 3.06. The highest BCUT2D eigenvalue weighted by Crippen LogP contribution is 2.11. The Labute approximate surface area is 94.2 Å². The van der Waals surface area contributed by atoms with Crippen LogP contribution in [0.1, 0.15) is 18.2 Å². The average Bonchev–Trinajstić information content (AvgIpc) is 2.75.